The maximum atomic E-state index is 8.94. The van der Waals surface area contributed by atoms with Crippen LogP contribution in [0.25, 0.3) is 0 Å². The molecule has 3 N–H and O–H groups in total. The van der Waals surface area contributed by atoms with Crippen LogP contribution in [0.5, 0.6) is 0 Å². The van der Waals surface area contributed by atoms with Gasteiger partial charge in [0.15, 0.2) is 0 Å². The quantitative estimate of drug-likeness (QED) is 0.488. The van der Waals surface area contributed by atoms with Crippen molar-refractivity contribution < 1.29 is 9.11 Å². The van der Waals surface area contributed by atoms with Crippen LogP contribution in [0.2, 0.25) is 0 Å². The van der Waals surface area contributed by atoms with Crippen molar-refractivity contribution >= 4 is 10.6 Å². The summed E-state index contributed by atoms with van der Waals surface area (Å²) < 4.78 is 17.9. The molecule has 0 atom stereocenters. The van der Waals surface area contributed by atoms with Gasteiger partial charge in [-0.2, -0.15) is 10.6 Å². The molecule has 0 bridgehead atoms. The van der Waals surface area contributed by atoms with Gasteiger partial charge in [0.2, 0.25) is 0 Å². The third kappa shape index (κ3) is 1.14. The summed E-state index contributed by atoms with van der Waals surface area (Å²) in [6, 6.07) is 0. The molecule has 3 nitrogen and oxygen atoms in total. The SMILES string of the molecule is CS(O)(O)C1CNC1. The van der Waals surface area contributed by atoms with E-state index in [1.165, 1.54) is 6.26 Å². The van der Waals surface area contributed by atoms with E-state index in [2.05, 4.69) is 5.32 Å². The molecule has 1 fully saturated rings. The van der Waals surface area contributed by atoms with E-state index in [0.717, 1.165) is 13.1 Å². The zero-order valence-electron chi connectivity index (χ0n) is 4.79. The van der Waals surface area contributed by atoms with Crippen molar-refractivity contribution in [2.75, 3.05) is 19.3 Å². The molecule has 0 amide bonds. The van der Waals surface area contributed by atoms with Crippen LogP contribution >= 0.6 is 10.6 Å². The van der Waals surface area contributed by atoms with Gasteiger partial charge in [0.05, 0.1) is 5.25 Å². The van der Waals surface area contributed by atoms with Crippen LogP contribution < -0.4 is 5.32 Å². The molecule has 0 aliphatic carbocycles. The molecule has 1 rings (SSSR count). The van der Waals surface area contributed by atoms with E-state index in [0.29, 0.717) is 0 Å². The van der Waals surface area contributed by atoms with Gasteiger partial charge in [-0.1, -0.05) is 0 Å². The van der Waals surface area contributed by atoms with Gasteiger partial charge in [0.1, 0.15) is 0 Å². The lowest BCUT2D eigenvalue weighted by Crippen LogP contribution is -2.49. The highest BCUT2D eigenvalue weighted by atomic mass is 32.3. The summed E-state index contributed by atoms with van der Waals surface area (Å²) in [5.74, 6) is 0. The van der Waals surface area contributed by atoms with Crippen LogP contribution in [-0.2, 0) is 0 Å². The molecule has 0 aromatic carbocycles. The number of nitrogens with one attached hydrogen (secondary N) is 1. The molecule has 0 spiro atoms. The molecule has 0 radical (unpaired) electrons. The third-order valence-corrected chi connectivity index (χ3v) is 2.97. The number of rotatable bonds is 1. The molecule has 0 aromatic heterocycles. The maximum absolute atomic E-state index is 8.94. The topological polar surface area (TPSA) is 52.5 Å². The van der Waals surface area contributed by atoms with Gasteiger partial charge < -0.3 is 5.32 Å². The molecule has 0 aromatic rings. The van der Waals surface area contributed by atoms with Crippen molar-refractivity contribution in [3.63, 3.8) is 0 Å². The Morgan fingerprint density at radius 1 is 1.50 bits per heavy atom. The third-order valence-electron chi connectivity index (χ3n) is 1.38. The van der Waals surface area contributed by atoms with E-state index in [1.54, 1.807) is 0 Å². The van der Waals surface area contributed by atoms with Gasteiger partial charge in [0.25, 0.3) is 0 Å². The van der Waals surface area contributed by atoms with Crippen LogP contribution in [-0.4, -0.2) is 33.7 Å². The lowest BCUT2D eigenvalue weighted by Gasteiger charge is -2.42. The number of hydrogen-bond donors (Lipinski definition) is 3. The highest BCUT2D eigenvalue weighted by molar-refractivity contribution is 8.24. The van der Waals surface area contributed by atoms with Crippen LogP contribution in [0.1, 0.15) is 0 Å². The molecule has 50 valence electrons. The standard InChI is InChI=1S/C4H11NO2S/c1-8(6,7)4-2-5-3-4/h4-7H,2-3H2,1H3. The predicted molar refractivity (Wildman–Crippen MR) is 35.4 cm³/mol. The highest BCUT2D eigenvalue weighted by Gasteiger charge is 2.26. The fourth-order valence-electron chi connectivity index (χ4n) is 0.578. The molecule has 0 saturated carbocycles. The fourth-order valence-corrected chi connectivity index (χ4v) is 1.45. The molecule has 4 heteroatoms. The van der Waals surface area contributed by atoms with E-state index in [9.17, 15) is 0 Å². The second-order valence-electron chi connectivity index (χ2n) is 2.17. The van der Waals surface area contributed by atoms with E-state index in [4.69, 9.17) is 9.11 Å². The molecule has 1 aliphatic heterocycles. The first-order chi connectivity index (χ1) is 3.61. The summed E-state index contributed by atoms with van der Waals surface area (Å²) in [6.07, 6.45) is 1.50. The van der Waals surface area contributed by atoms with Gasteiger partial charge in [-0.3, -0.25) is 9.11 Å². The van der Waals surface area contributed by atoms with Crippen molar-refractivity contribution in [3.05, 3.63) is 0 Å². The highest BCUT2D eigenvalue weighted by Crippen LogP contribution is 2.41. The van der Waals surface area contributed by atoms with Gasteiger partial charge in [-0.05, 0) is 0 Å². The van der Waals surface area contributed by atoms with Crippen molar-refractivity contribution in [1.82, 2.24) is 5.32 Å². The first kappa shape index (κ1) is 6.35. The number of hydrogen-bond acceptors (Lipinski definition) is 3. The molecule has 0 unspecified atom stereocenters. The van der Waals surface area contributed by atoms with Gasteiger partial charge in [-0.25, -0.2) is 0 Å². The minimum Gasteiger partial charge on any atom is -0.313 e. The molecule has 8 heavy (non-hydrogen) atoms. The van der Waals surface area contributed by atoms with Crippen molar-refractivity contribution in [2.45, 2.75) is 5.25 Å². The molecular formula is C4H11NO2S. The van der Waals surface area contributed by atoms with Crippen LogP contribution in [0, 0.1) is 0 Å². The fraction of sp³-hybridized carbons (Fsp3) is 1.00. The monoisotopic (exact) mass is 137 g/mol. The Labute approximate surface area is 50.4 Å². The smallest absolute Gasteiger partial charge is 0.0730 e. The Hall–Kier alpha value is 0.230. The average Bonchev–Trinajstić information content (AvgIpc) is 1.16. The average molecular weight is 137 g/mol. The summed E-state index contributed by atoms with van der Waals surface area (Å²) in [7, 11) is -2.23. The molecule has 1 saturated heterocycles. The largest absolute Gasteiger partial charge is 0.313 e. The van der Waals surface area contributed by atoms with Gasteiger partial charge >= 0.3 is 0 Å². The molecular weight excluding hydrogens is 126 g/mol. The Balaban J connectivity index is 2.34. The van der Waals surface area contributed by atoms with Crippen molar-refractivity contribution in [1.29, 1.82) is 0 Å². The lowest BCUT2D eigenvalue weighted by molar-refractivity contribution is 0.431. The molecule has 1 heterocycles. The van der Waals surface area contributed by atoms with Crippen LogP contribution in [0.4, 0.5) is 0 Å². The Bertz CT molecular complexity index is 86.5. The zero-order chi connectivity index (χ0) is 6.20. The van der Waals surface area contributed by atoms with E-state index in [-0.39, 0.29) is 5.25 Å². The van der Waals surface area contributed by atoms with Crippen LogP contribution in [0.3, 0.4) is 0 Å². The van der Waals surface area contributed by atoms with E-state index in [1.807, 2.05) is 0 Å². The summed E-state index contributed by atoms with van der Waals surface area (Å²) in [4.78, 5) is 0. The first-order valence-electron chi connectivity index (χ1n) is 2.53. The van der Waals surface area contributed by atoms with Crippen molar-refractivity contribution in [3.8, 4) is 0 Å². The van der Waals surface area contributed by atoms with E-state index >= 15 is 0 Å². The minimum absolute atomic E-state index is 0.113. The lowest BCUT2D eigenvalue weighted by atomic mass is 10.3. The molecule has 1 aliphatic rings. The normalized spacial score (nSPS) is 24.9. The summed E-state index contributed by atoms with van der Waals surface area (Å²) in [5, 5.41) is 3.08. The summed E-state index contributed by atoms with van der Waals surface area (Å²) in [5.41, 5.74) is 0. The predicted octanol–water partition coefficient (Wildman–Crippen LogP) is 0.339. The Morgan fingerprint density at radius 2 is 2.00 bits per heavy atom. The first-order valence-corrected chi connectivity index (χ1v) is 4.55. The Morgan fingerprint density at radius 3 is 2.00 bits per heavy atom. The van der Waals surface area contributed by atoms with E-state index < -0.39 is 10.6 Å². The summed E-state index contributed by atoms with van der Waals surface area (Å²) >= 11 is 0. The second-order valence-corrected chi connectivity index (χ2v) is 4.63. The maximum Gasteiger partial charge on any atom is 0.0730 e. The minimum atomic E-state index is -2.23. The van der Waals surface area contributed by atoms with Gasteiger partial charge in [-0.15, -0.1) is 0 Å². The van der Waals surface area contributed by atoms with Crippen molar-refractivity contribution in [2.24, 2.45) is 0 Å². The zero-order valence-corrected chi connectivity index (χ0v) is 5.61. The van der Waals surface area contributed by atoms with Crippen LogP contribution in [0.15, 0.2) is 0 Å². The Kier molecular flexibility index (Phi) is 1.49. The second kappa shape index (κ2) is 1.88. The van der Waals surface area contributed by atoms with Gasteiger partial charge in [0, 0.05) is 19.3 Å². The summed E-state index contributed by atoms with van der Waals surface area (Å²) in [6.45, 7) is 1.53.